The van der Waals surface area contributed by atoms with Crippen molar-refractivity contribution >= 4 is 11.8 Å². The highest BCUT2D eigenvalue weighted by molar-refractivity contribution is 5.87. The molecule has 0 spiro atoms. The van der Waals surface area contributed by atoms with E-state index in [0.717, 1.165) is 0 Å². The number of amides is 1. The Morgan fingerprint density at radius 1 is 1.57 bits per heavy atom. The molecule has 0 aliphatic carbocycles. The van der Waals surface area contributed by atoms with Crippen LogP contribution in [0.25, 0.3) is 0 Å². The van der Waals surface area contributed by atoms with Crippen LogP contribution in [0.1, 0.15) is 6.92 Å². The number of rotatable bonds is 2. The second-order valence-electron chi connectivity index (χ2n) is 2.69. The maximum atomic E-state index is 12.9. The van der Waals surface area contributed by atoms with E-state index in [1.807, 2.05) is 0 Å². The molecule has 0 saturated heterocycles. The number of methoxy groups -OCH3 is 1. The number of benzene rings is 1. The summed E-state index contributed by atoms with van der Waals surface area (Å²) in [6.45, 7) is 2.23. The molecule has 76 valence electrons. The lowest BCUT2D eigenvalue weighted by Crippen LogP contribution is -2.30. The molecule has 1 aromatic rings. The van der Waals surface area contributed by atoms with Gasteiger partial charge < -0.3 is 4.74 Å². The predicted octanol–water partition coefficient (Wildman–Crippen LogP) is 2.42. The maximum Gasteiger partial charge on any atom is 0.413 e. The van der Waals surface area contributed by atoms with Crippen molar-refractivity contribution in [2.75, 3.05) is 18.6 Å². The molecule has 0 heterocycles. The second kappa shape index (κ2) is 4.60. The molecule has 4 heteroatoms. The Bertz CT molecular complexity index is 328. The monoisotopic (exact) mass is 197 g/mol. The van der Waals surface area contributed by atoms with E-state index >= 15 is 0 Å². The van der Waals surface area contributed by atoms with Gasteiger partial charge in [-0.1, -0.05) is 6.07 Å². The number of carbonyl (C=O) groups is 1. The molecule has 0 aromatic heterocycles. The lowest BCUT2D eigenvalue weighted by molar-refractivity contribution is 0.179. The average Bonchev–Trinajstić information content (AvgIpc) is 2.19. The molecule has 0 atom stereocenters. The van der Waals surface area contributed by atoms with Gasteiger partial charge in [-0.2, -0.15) is 0 Å². The molecule has 0 aliphatic rings. The van der Waals surface area contributed by atoms with E-state index in [1.165, 1.54) is 24.1 Å². The van der Waals surface area contributed by atoms with Crippen molar-refractivity contribution in [3.63, 3.8) is 0 Å². The van der Waals surface area contributed by atoms with E-state index in [4.69, 9.17) is 0 Å². The van der Waals surface area contributed by atoms with E-state index in [9.17, 15) is 9.18 Å². The molecule has 0 radical (unpaired) electrons. The second-order valence-corrected chi connectivity index (χ2v) is 2.69. The summed E-state index contributed by atoms with van der Waals surface area (Å²) in [5, 5.41) is 0. The van der Waals surface area contributed by atoms with Crippen molar-refractivity contribution in [3.8, 4) is 0 Å². The van der Waals surface area contributed by atoms with E-state index < -0.39 is 6.09 Å². The van der Waals surface area contributed by atoms with Crippen molar-refractivity contribution < 1.29 is 13.9 Å². The zero-order valence-electron chi connectivity index (χ0n) is 8.16. The Morgan fingerprint density at radius 3 is 2.79 bits per heavy atom. The van der Waals surface area contributed by atoms with Gasteiger partial charge in [-0.3, -0.25) is 4.90 Å². The normalized spacial score (nSPS) is 9.64. The van der Waals surface area contributed by atoms with Crippen LogP contribution in [0.5, 0.6) is 0 Å². The highest BCUT2D eigenvalue weighted by atomic mass is 19.1. The zero-order valence-corrected chi connectivity index (χ0v) is 8.16. The number of halogens is 1. The first-order chi connectivity index (χ1) is 6.69. The van der Waals surface area contributed by atoms with E-state index in [2.05, 4.69) is 4.74 Å². The Kier molecular flexibility index (Phi) is 3.45. The number of nitrogens with zero attached hydrogens (tertiary/aromatic N) is 1. The molecule has 0 bridgehead atoms. The van der Waals surface area contributed by atoms with E-state index in [-0.39, 0.29) is 5.82 Å². The van der Waals surface area contributed by atoms with Gasteiger partial charge in [0.05, 0.1) is 7.11 Å². The number of anilines is 1. The highest BCUT2D eigenvalue weighted by Gasteiger charge is 2.13. The van der Waals surface area contributed by atoms with E-state index in [1.54, 1.807) is 19.1 Å². The standard InChI is InChI=1S/C10H12FNO2/c1-3-12(10(13)14-2)9-6-4-5-8(11)7-9/h4-7H,3H2,1-2H3. The van der Waals surface area contributed by atoms with Crippen LogP contribution in [0.15, 0.2) is 24.3 Å². The quantitative estimate of drug-likeness (QED) is 0.728. The third-order valence-electron chi connectivity index (χ3n) is 1.83. The number of carbonyl (C=O) groups excluding carboxylic acids is 1. The molecular formula is C10H12FNO2. The third-order valence-corrected chi connectivity index (χ3v) is 1.83. The first-order valence-corrected chi connectivity index (χ1v) is 4.30. The van der Waals surface area contributed by atoms with Crippen molar-refractivity contribution in [1.82, 2.24) is 0 Å². The minimum Gasteiger partial charge on any atom is -0.452 e. The molecule has 0 saturated carbocycles. The fourth-order valence-corrected chi connectivity index (χ4v) is 1.17. The molecule has 0 N–H and O–H groups in total. The van der Waals surface area contributed by atoms with Crippen molar-refractivity contribution in [2.45, 2.75) is 6.92 Å². The first-order valence-electron chi connectivity index (χ1n) is 4.30. The van der Waals surface area contributed by atoms with Gasteiger partial charge in [0.15, 0.2) is 0 Å². The van der Waals surface area contributed by atoms with E-state index in [0.29, 0.717) is 12.2 Å². The Hall–Kier alpha value is -1.58. The molecule has 0 fully saturated rings. The van der Waals surface area contributed by atoms with Gasteiger partial charge in [0.1, 0.15) is 5.82 Å². The summed E-state index contributed by atoms with van der Waals surface area (Å²) in [5.41, 5.74) is 0.499. The first kappa shape index (κ1) is 10.5. The SMILES string of the molecule is CCN(C(=O)OC)c1cccc(F)c1. The van der Waals surface area contributed by atoms with Gasteiger partial charge in [0, 0.05) is 12.2 Å². The molecular weight excluding hydrogens is 185 g/mol. The fourth-order valence-electron chi connectivity index (χ4n) is 1.17. The summed E-state index contributed by atoms with van der Waals surface area (Å²) in [4.78, 5) is 12.6. The third kappa shape index (κ3) is 2.22. The topological polar surface area (TPSA) is 29.5 Å². The molecule has 0 aliphatic heterocycles. The van der Waals surface area contributed by atoms with Crippen LogP contribution >= 0.6 is 0 Å². The minimum absolute atomic E-state index is 0.371. The van der Waals surface area contributed by atoms with Crippen molar-refractivity contribution in [2.24, 2.45) is 0 Å². The van der Waals surface area contributed by atoms with Gasteiger partial charge in [-0.15, -0.1) is 0 Å². The summed E-state index contributed by atoms with van der Waals surface area (Å²) >= 11 is 0. The van der Waals surface area contributed by atoms with Crippen molar-refractivity contribution in [1.29, 1.82) is 0 Å². The Balaban J connectivity index is 2.94. The summed E-state index contributed by atoms with van der Waals surface area (Å²) in [6.07, 6.45) is -0.488. The van der Waals surface area contributed by atoms with Gasteiger partial charge in [-0.25, -0.2) is 9.18 Å². The molecule has 14 heavy (non-hydrogen) atoms. The van der Waals surface area contributed by atoms with Crippen LogP contribution in [0.4, 0.5) is 14.9 Å². The van der Waals surface area contributed by atoms with Gasteiger partial charge in [-0.05, 0) is 25.1 Å². The molecule has 3 nitrogen and oxygen atoms in total. The van der Waals surface area contributed by atoms with Gasteiger partial charge in [0.25, 0.3) is 0 Å². The average molecular weight is 197 g/mol. The molecule has 1 amide bonds. The van der Waals surface area contributed by atoms with Gasteiger partial charge >= 0.3 is 6.09 Å². The van der Waals surface area contributed by atoms with Crippen molar-refractivity contribution in [3.05, 3.63) is 30.1 Å². The van der Waals surface area contributed by atoms with Crippen LogP contribution < -0.4 is 4.90 Å². The maximum absolute atomic E-state index is 12.9. The van der Waals surface area contributed by atoms with Gasteiger partial charge in [0.2, 0.25) is 0 Å². The fraction of sp³-hybridized carbons (Fsp3) is 0.300. The lowest BCUT2D eigenvalue weighted by atomic mass is 10.3. The molecule has 0 unspecified atom stereocenters. The smallest absolute Gasteiger partial charge is 0.413 e. The molecule has 1 rings (SSSR count). The zero-order chi connectivity index (χ0) is 10.6. The number of ether oxygens (including phenoxy) is 1. The van der Waals surface area contributed by atoms with Crippen LogP contribution in [0, 0.1) is 5.82 Å². The Labute approximate surface area is 82.1 Å². The van der Waals surface area contributed by atoms with Crippen LogP contribution in [-0.2, 0) is 4.74 Å². The van der Waals surface area contributed by atoms with Crippen LogP contribution in [0.2, 0.25) is 0 Å². The summed E-state index contributed by atoms with van der Waals surface area (Å²) in [5.74, 6) is -0.371. The predicted molar refractivity (Wildman–Crippen MR) is 51.8 cm³/mol. The Morgan fingerprint density at radius 2 is 2.29 bits per heavy atom. The number of hydrogen-bond acceptors (Lipinski definition) is 2. The van der Waals surface area contributed by atoms with Crippen LogP contribution in [-0.4, -0.2) is 19.7 Å². The highest BCUT2D eigenvalue weighted by Crippen LogP contribution is 2.15. The largest absolute Gasteiger partial charge is 0.452 e. The number of hydrogen-bond donors (Lipinski definition) is 0. The molecule has 1 aromatic carbocycles. The summed E-state index contributed by atoms with van der Waals surface area (Å²) in [7, 11) is 1.30. The minimum atomic E-state index is -0.488. The lowest BCUT2D eigenvalue weighted by Gasteiger charge is -2.18. The van der Waals surface area contributed by atoms with Crippen LogP contribution in [0.3, 0.4) is 0 Å². The summed E-state index contributed by atoms with van der Waals surface area (Å²) in [6, 6.07) is 5.83. The summed E-state index contributed by atoms with van der Waals surface area (Å²) < 4.78 is 17.4.